The molecule has 4 rings (SSSR count). The van der Waals surface area contributed by atoms with Gasteiger partial charge < -0.3 is 9.84 Å². The van der Waals surface area contributed by atoms with E-state index in [1.807, 2.05) is 0 Å². The van der Waals surface area contributed by atoms with Crippen molar-refractivity contribution in [3.63, 3.8) is 0 Å². The Morgan fingerprint density at radius 1 is 1.23 bits per heavy atom. The predicted octanol–water partition coefficient (Wildman–Crippen LogP) is 6.69. The summed E-state index contributed by atoms with van der Waals surface area (Å²) in [6.07, 6.45) is 16.0. The van der Waals surface area contributed by atoms with E-state index >= 15 is 0 Å². The van der Waals surface area contributed by atoms with Crippen molar-refractivity contribution in [1.29, 1.82) is 0 Å². The van der Waals surface area contributed by atoms with Crippen LogP contribution in [0.15, 0.2) is 11.6 Å². The molecule has 3 heteroatoms. The molecule has 31 heavy (non-hydrogen) atoms. The van der Waals surface area contributed by atoms with E-state index < -0.39 is 5.60 Å². The molecule has 0 aromatic carbocycles. The summed E-state index contributed by atoms with van der Waals surface area (Å²) in [5, 5.41) is 11.0. The van der Waals surface area contributed by atoms with Crippen molar-refractivity contribution >= 4 is 5.97 Å². The molecule has 3 fully saturated rings. The highest BCUT2D eigenvalue weighted by molar-refractivity contribution is 5.68. The molecule has 0 aromatic rings. The van der Waals surface area contributed by atoms with E-state index in [0.29, 0.717) is 29.1 Å². The van der Waals surface area contributed by atoms with Crippen LogP contribution < -0.4 is 0 Å². The topological polar surface area (TPSA) is 46.5 Å². The lowest BCUT2D eigenvalue weighted by Crippen LogP contribution is -2.51. The minimum absolute atomic E-state index is 0.0691. The lowest BCUT2D eigenvalue weighted by Gasteiger charge is -2.58. The van der Waals surface area contributed by atoms with Crippen molar-refractivity contribution in [2.75, 3.05) is 7.11 Å². The van der Waals surface area contributed by atoms with Gasteiger partial charge in [0.15, 0.2) is 0 Å². The Hall–Kier alpha value is -0.830. The molecule has 4 aliphatic carbocycles. The van der Waals surface area contributed by atoms with Crippen LogP contribution in [0.3, 0.4) is 0 Å². The number of rotatable bonds is 6. The van der Waals surface area contributed by atoms with Crippen LogP contribution in [0.1, 0.15) is 105 Å². The number of allylic oxidation sites excluding steroid dienone is 2. The number of ether oxygens (including phenoxy) is 1. The summed E-state index contributed by atoms with van der Waals surface area (Å²) in [6.45, 7) is 9.71. The smallest absolute Gasteiger partial charge is 0.305 e. The number of hydrogen-bond donors (Lipinski definition) is 1. The second-order valence-electron chi connectivity index (χ2n) is 12.2. The Balaban J connectivity index is 1.49. The Labute approximate surface area is 190 Å². The summed E-state index contributed by atoms with van der Waals surface area (Å²) < 4.78 is 4.83. The first kappa shape index (κ1) is 23.3. The first-order valence-corrected chi connectivity index (χ1v) is 13.2. The molecular weight excluding hydrogens is 384 g/mol. The third-order valence-electron chi connectivity index (χ3n) is 10.9. The fourth-order valence-electron chi connectivity index (χ4n) is 8.76. The highest BCUT2D eigenvalue weighted by Crippen LogP contribution is 2.67. The second-order valence-corrected chi connectivity index (χ2v) is 12.2. The zero-order valence-electron chi connectivity index (χ0n) is 20.7. The average molecular weight is 431 g/mol. The molecule has 0 amide bonds. The molecule has 4 aliphatic rings. The van der Waals surface area contributed by atoms with Crippen LogP contribution in [0.25, 0.3) is 0 Å². The van der Waals surface area contributed by atoms with E-state index in [4.69, 9.17) is 4.74 Å². The van der Waals surface area contributed by atoms with Crippen LogP contribution in [0.4, 0.5) is 0 Å². The van der Waals surface area contributed by atoms with Crippen LogP contribution in [-0.4, -0.2) is 23.8 Å². The zero-order valence-corrected chi connectivity index (χ0v) is 20.7. The summed E-state index contributed by atoms with van der Waals surface area (Å²) in [7, 11) is 1.49. The molecule has 3 saturated carbocycles. The van der Waals surface area contributed by atoms with Crippen LogP contribution in [0.5, 0.6) is 0 Å². The fraction of sp³-hybridized carbons (Fsp3) is 0.893. The summed E-state index contributed by atoms with van der Waals surface area (Å²) in [5.74, 6) is 3.63. The van der Waals surface area contributed by atoms with Crippen LogP contribution in [0, 0.1) is 40.4 Å². The molecule has 176 valence electrons. The van der Waals surface area contributed by atoms with Gasteiger partial charge >= 0.3 is 5.97 Å². The Bertz CT molecular complexity index is 713. The number of carbonyl (C=O) groups is 1. The van der Waals surface area contributed by atoms with Crippen molar-refractivity contribution in [2.24, 2.45) is 40.4 Å². The number of esters is 1. The largest absolute Gasteiger partial charge is 0.469 e. The van der Waals surface area contributed by atoms with Crippen molar-refractivity contribution in [1.82, 2.24) is 0 Å². The number of carbonyl (C=O) groups excluding carboxylic acids is 1. The quantitative estimate of drug-likeness (QED) is 0.377. The molecule has 0 heterocycles. The maximum absolute atomic E-state index is 11.5. The number of methoxy groups -OCH3 is 1. The lowest BCUT2D eigenvalue weighted by atomic mass is 9.47. The van der Waals surface area contributed by atoms with E-state index in [9.17, 15) is 9.90 Å². The van der Waals surface area contributed by atoms with E-state index in [1.54, 1.807) is 5.57 Å². The van der Waals surface area contributed by atoms with Crippen molar-refractivity contribution < 1.29 is 14.6 Å². The van der Waals surface area contributed by atoms with E-state index in [0.717, 1.165) is 49.9 Å². The van der Waals surface area contributed by atoms with Gasteiger partial charge in [-0.05, 0) is 111 Å². The molecule has 1 N–H and O–H groups in total. The minimum Gasteiger partial charge on any atom is -0.469 e. The zero-order chi connectivity index (χ0) is 22.4. The normalized spacial score (nSPS) is 45.2. The summed E-state index contributed by atoms with van der Waals surface area (Å²) in [6, 6.07) is 0. The summed E-state index contributed by atoms with van der Waals surface area (Å²) >= 11 is 0. The van der Waals surface area contributed by atoms with Crippen molar-refractivity contribution in [2.45, 2.75) is 110 Å². The van der Waals surface area contributed by atoms with Gasteiger partial charge in [-0.3, -0.25) is 4.79 Å². The van der Waals surface area contributed by atoms with Gasteiger partial charge in [0.1, 0.15) is 0 Å². The van der Waals surface area contributed by atoms with Gasteiger partial charge in [0.2, 0.25) is 0 Å². The third kappa shape index (κ3) is 3.91. The van der Waals surface area contributed by atoms with Gasteiger partial charge in [-0.1, -0.05) is 39.3 Å². The van der Waals surface area contributed by atoms with E-state index in [2.05, 4.69) is 33.8 Å². The fourth-order valence-corrected chi connectivity index (χ4v) is 8.76. The first-order valence-electron chi connectivity index (χ1n) is 13.2. The summed E-state index contributed by atoms with van der Waals surface area (Å²) in [4.78, 5) is 11.5. The van der Waals surface area contributed by atoms with Gasteiger partial charge in [-0.2, -0.15) is 0 Å². The lowest BCUT2D eigenvalue weighted by molar-refractivity contribution is -0.140. The number of fused-ring (bicyclic) bond motifs is 5. The molecular formula is C28H46O3. The highest BCUT2D eigenvalue weighted by atomic mass is 16.5. The SMILES string of the molecule is CC[C@]1(O)CC[C@]2(C)C3=CC[C@]4(C)[C@@H]([C@H](C)CCCC(=O)OC)CC[C@H]4[C@@H]3CC[C@H]2C1. The van der Waals surface area contributed by atoms with Gasteiger partial charge in [0, 0.05) is 6.42 Å². The standard InChI is InChI=1S/C28H46O3/c1-6-28(30)17-16-26(3)20(18-28)10-11-21-23-13-12-22(27(23,4)15-14-24(21)26)19(2)8-7-9-25(29)31-5/h14,19-23,30H,6-13,15-18H2,1-5H3/t19-,20+,21+,22-,23+,26+,27-,28+/m1/s1. The monoisotopic (exact) mass is 430 g/mol. The van der Waals surface area contributed by atoms with Gasteiger partial charge in [0.25, 0.3) is 0 Å². The molecule has 0 bridgehead atoms. The Morgan fingerprint density at radius 2 is 2.00 bits per heavy atom. The molecule has 3 nitrogen and oxygen atoms in total. The Kier molecular flexibility index (Phi) is 6.40. The van der Waals surface area contributed by atoms with Gasteiger partial charge in [-0.15, -0.1) is 0 Å². The predicted molar refractivity (Wildman–Crippen MR) is 125 cm³/mol. The van der Waals surface area contributed by atoms with Crippen molar-refractivity contribution in [3.8, 4) is 0 Å². The molecule has 0 aromatic heterocycles. The number of aliphatic hydroxyl groups is 1. The number of hydrogen-bond acceptors (Lipinski definition) is 3. The maximum atomic E-state index is 11.5. The average Bonchev–Trinajstić information content (AvgIpc) is 3.11. The summed E-state index contributed by atoms with van der Waals surface area (Å²) in [5.41, 5.74) is 2.10. The van der Waals surface area contributed by atoms with Crippen LogP contribution >= 0.6 is 0 Å². The first-order chi connectivity index (χ1) is 14.7. The van der Waals surface area contributed by atoms with Crippen molar-refractivity contribution in [3.05, 3.63) is 11.6 Å². The molecule has 0 aliphatic heterocycles. The second kappa shape index (κ2) is 8.50. The van der Waals surface area contributed by atoms with Crippen LogP contribution in [-0.2, 0) is 9.53 Å². The van der Waals surface area contributed by atoms with Crippen LogP contribution in [0.2, 0.25) is 0 Å². The van der Waals surface area contributed by atoms with E-state index in [1.165, 1.54) is 45.6 Å². The highest BCUT2D eigenvalue weighted by Gasteiger charge is 2.58. The molecule has 0 unspecified atom stereocenters. The van der Waals surface area contributed by atoms with Gasteiger partial charge in [-0.25, -0.2) is 0 Å². The van der Waals surface area contributed by atoms with Gasteiger partial charge in [0.05, 0.1) is 12.7 Å². The minimum atomic E-state index is -0.418. The third-order valence-corrected chi connectivity index (χ3v) is 10.9. The molecule has 0 saturated heterocycles. The maximum Gasteiger partial charge on any atom is 0.305 e. The molecule has 0 radical (unpaired) electrons. The molecule has 0 spiro atoms. The van der Waals surface area contributed by atoms with E-state index in [-0.39, 0.29) is 5.97 Å². The molecule has 8 atom stereocenters. The Morgan fingerprint density at radius 3 is 2.71 bits per heavy atom.